The molecule has 0 aliphatic carbocycles. The minimum Gasteiger partial charge on any atom is -0.485 e. The molecule has 7 nitrogen and oxygen atoms in total. The minimum absolute atomic E-state index is 0.0565. The van der Waals surface area contributed by atoms with E-state index in [0.717, 1.165) is 67.5 Å². The smallest absolute Gasteiger partial charge is 0.182 e. The number of aryl methyl sites for hydroxylation is 1. The Balaban J connectivity index is 1.13. The van der Waals surface area contributed by atoms with E-state index in [1.54, 1.807) is 6.33 Å². The van der Waals surface area contributed by atoms with Crippen LogP contribution in [0.15, 0.2) is 54.9 Å². The summed E-state index contributed by atoms with van der Waals surface area (Å²) in [5, 5.41) is 1.23. The lowest BCUT2D eigenvalue weighted by Crippen LogP contribution is -2.47. The molecule has 2 aliphatic rings. The molecule has 1 fully saturated rings. The molecule has 6 rings (SSSR count). The molecule has 2 aromatic carbocycles. The van der Waals surface area contributed by atoms with Gasteiger partial charge in [-0.25, -0.2) is 4.98 Å². The summed E-state index contributed by atoms with van der Waals surface area (Å²) in [5.41, 5.74) is 6.95. The molecule has 0 atom stereocenters. The van der Waals surface area contributed by atoms with Gasteiger partial charge in [-0.3, -0.25) is 19.2 Å². The highest BCUT2D eigenvalue weighted by Crippen LogP contribution is 2.35. The number of carbonyl (C=O) groups excluding carboxylic acids is 1. The van der Waals surface area contributed by atoms with Crippen LogP contribution in [0.2, 0.25) is 0 Å². The van der Waals surface area contributed by atoms with Crippen molar-refractivity contribution in [1.82, 2.24) is 19.4 Å². The second kappa shape index (κ2) is 9.39. The topological polar surface area (TPSA) is 63.5 Å². The Morgan fingerprint density at radius 1 is 1.00 bits per heavy atom. The van der Waals surface area contributed by atoms with Gasteiger partial charge in [0.05, 0.1) is 16.9 Å². The fraction of sp³-hybridized carbons (Fsp3) is 0.345. The average Bonchev–Trinajstić information content (AvgIpc) is 3.36. The van der Waals surface area contributed by atoms with E-state index >= 15 is 0 Å². The molecule has 36 heavy (non-hydrogen) atoms. The number of imidazole rings is 1. The lowest BCUT2D eigenvalue weighted by molar-refractivity contribution is 0.0980. The Bertz CT molecular complexity index is 1440. The zero-order valence-corrected chi connectivity index (χ0v) is 20.9. The maximum absolute atomic E-state index is 12.3. The minimum atomic E-state index is 0.0565. The van der Waals surface area contributed by atoms with Crippen LogP contribution in [0.25, 0.3) is 16.6 Å². The Morgan fingerprint density at radius 3 is 2.64 bits per heavy atom. The molecule has 2 aliphatic heterocycles. The van der Waals surface area contributed by atoms with Crippen LogP contribution in [-0.2, 0) is 13.0 Å². The third kappa shape index (κ3) is 4.03. The molecule has 2 aromatic heterocycles. The maximum Gasteiger partial charge on any atom is 0.182 e. The Kier molecular flexibility index (Phi) is 5.93. The number of para-hydroxylation sites is 1. The highest BCUT2D eigenvalue weighted by atomic mass is 16.5. The number of ketones is 1. The molecular formula is C29H31N5O2. The Morgan fingerprint density at radius 2 is 1.81 bits per heavy atom. The van der Waals surface area contributed by atoms with Gasteiger partial charge in [-0.15, -0.1) is 0 Å². The number of aromatic nitrogens is 3. The molecule has 0 bridgehead atoms. The van der Waals surface area contributed by atoms with Crippen molar-refractivity contribution in [2.45, 2.75) is 33.3 Å². The first-order valence-electron chi connectivity index (χ1n) is 12.8. The molecule has 7 heteroatoms. The predicted molar refractivity (Wildman–Crippen MR) is 141 cm³/mol. The van der Waals surface area contributed by atoms with Gasteiger partial charge >= 0.3 is 0 Å². The monoisotopic (exact) mass is 481 g/mol. The van der Waals surface area contributed by atoms with Crippen molar-refractivity contribution in [2.24, 2.45) is 0 Å². The van der Waals surface area contributed by atoms with Crippen LogP contribution in [0.4, 0.5) is 5.69 Å². The second-order valence-electron chi connectivity index (χ2n) is 9.62. The molecule has 0 spiro atoms. The third-order valence-corrected chi connectivity index (χ3v) is 7.40. The van der Waals surface area contributed by atoms with Crippen molar-refractivity contribution in [3.8, 4) is 11.4 Å². The fourth-order valence-corrected chi connectivity index (χ4v) is 5.39. The average molecular weight is 482 g/mol. The van der Waals surface area contributed by atoms with Crippen LogP contribution >= 0.6 is 0 Å². The van der Waals surface area contributed by atoms with Crippen molar-refractivity contribution < 1.29 is 9.53 Å². The van der Waals surface area contributed by atoms with Crippen molar-refractivity contribution in [3.05, 3.63) is 77.5 Å². The molecule has 4 heterocycles. The summed E-state index contributed by atoms with van der Waals surface area (Å²) >= 11 is 0. The number of fused-ring (bicyclic) bond motifs is 4. The van der Waals surface area contributed by atoms with Gasteiger partial charge in [0.15, 0.2) is 5.78 Å². The van der Waals surface area contributed by atoms with E-state index in [9.17, 15) is 4.79 Å². The first-order valence-corrected chi connectivity index (χ1v) is 12.8. The number of ether oxygens (including phenoxy) is 1. The molecule has 0 radical (unpaired) electrons. The molecule has 0 amide bonds. The van der Waals surface area contributed by atoms with E-state index in [0.29, 0.717) is 18.7 Å². The van der Waals surface area contributed by atoms with Gasteiger partial charge in [0, 0.05) is 55.9 Å². The number of rotatable bonds is 6. The molecule has 0 N–H and O–H groups in total. The van der Waals surface area contributed by atoms with Crippen molar-refractivity contribution in [3.63, 3.8) is 0 Å². The first-order chi connectivity index (χ1) is 17.6. The van der Waals surface area contributed by atoms with Crippen LogP contribution in [0.5, 0.6) is 5.75 Å². The van der Waals surface area contributed by atoms with E-state index in [-0.39, 0.29) is 5.78 Å². The highest BCUT2D eigenvalue weighted by Gasteiger charge is 2.26. The van der Waals surface area contributed by atoms with E-state index in [1.165, 1.54) is 16.6 Å². The lowest BCUT2D eigenvalue weighted by atomic mass is 10.1. The normalized spacial score (nSPS) is 15.4. The second-order valence-corrected chi connectivity index (χ2v) is 9.62. The number of hydrogen-bond donors (Lipinski definition) is 0. The summed E-state index contributed by atoms with van der Waals surface area (Å²) in [6.45, 7) is 9.33. The Hall–Kier alpha value is -3.71. The summed E-state index contributed by atoms with van der Waals surface area (Å²) in [5.74, 6) is 0.969. The molecule has 184 valence electrons. The van der Waals surface area contributed by atoms with Crippen molar-refractivity contribution in [2.75, 3.05) is 37.6 Å². The fourth-order valence-electron chi connectivity index (χ4n) is 5.39. The zero-order valence-electron chi connectivity index (χ0n) is 20.9. The number of anilines is 1. The summed E-state index contributed by atoms with van der Waals surface area (Å²) in [6.07, 6.45) is 3.12. The van der Waals surface area contributed by atoms with Crippen molar-refractivity contribution >= 4 is 22.4 Å². The summed E-state index contributed by atoms with van der Waals surface area (Å²) < 4.78 is 8.21. The van der Waals surface area contributed by atoms with Gasteiger partial charge in [-0.2, -0.15) is 0 Å². The molecule has 1 saturated heterocycles. The number of benzene rings is 2. The summed E-state index contributed by atoms with van der Waals surface area (Å²) in [7, 11) is 0. The van der Waals surface area contributed by atoms with Crippen LogP contribution in [-0.4, -0.2) is 57.9 Å². The summed E-state index contributed by atoms with van der Waals surface area (Å²) in [4.78, 5) is 26.4. The van der Waals surface area contributed by atoms with Gasteiger partial charge in [0.1, 0.15) is 24.4 Å². The Labute approximate surface area is 211 Å². The summed E-state index contributed by atoms with van der Waals surface area (Å²) in [6, 6.07) is 17.0. The molecule has 4 aromatic rings. The zero-order chi connectivity index (χ0) is 24.6. The van der Waals surface area contributed by atoms with E-state index in [4.69, 9.17) is 9.72 Å². The quantitative estimate of drug-likeness (QED) is 0.376. The number of pyridine rings is 1. The van der Waals surface area contributed by atoms with Gasteiger partial charge in [-0.1, -0.05) is 25.1 Å². The maximum atomic E-state index is 12.3. The highest BCUT2D eigenvalue weighted by molar-refractivity contribution is 5.95. The number of carbonyl (C=O) groups is 1. The van der Waals surface area contributed by atoms with Gasteiger partial charge in [0.2, 0.25) is 0 Å². The predicted octanol–water partition coefficient (Wildman–Crippen LogP) is 4.58. The first kappa shape index (κ1) is 22.7. The van der Waals surface area contributed by atoms with Gasteiger partial charge in [-0.05, 0) is 49.2 Å². The van der Waals surface area contributed by atoms with Crippen molar-refractivity contribution in [1.29, 1.82) is 0 Å². The lowest BCUT2D eigenvalue weighted by Gasteiger charge is -2.36. The standard InChI is InChI=1S/C29H31N5O2/c1-3-27(35)28-26-18-36-29-21(6-4-9-25(29)34(26)19-30-28)12-13-32-14-16-33(17-15-32)24-8-5-7-23-22(24)11-10-20(2)31-23/h4-11,19H,3,12-18H2,1-2H3. The van der Waals surface area contributed by atoms with Crippen LogP contribution in [0, 0.1) is 6.92 Å². The van der Waals surface area contributed by atoms with Crippen LogP contribution in [0.3, 0.4) is 0 Å². The third-order valence-electron chi connectivity index (χ3n) is 7.40. The van der Waals surface area contributed by atoms with E-state index in [1.807, 2.05) is 24.5 Å². The van der Waals surface area contributed by atoms with Crippen LogP contribution < -0.4 is 9.64 Å². The largest absolute Gasteiger partial charge is 0.485 e. The van der Waals surface area contributed by atoms with Gasteiger partial charge < -0.3 is 9.64 Å². The SMILES string of the molecule is CCC(=O)c1ncn2c1COc1c(CCN3CCN(c4cccc5nc(C)ccc45)CC3)cccc1-2. The van der Waals surface area contributed by atoms with Crippen LogP contribution in [0.1, 0.15) is 40.8 Å². The molecule has 0 unspecified atom stereocenters. The van der Waals surface area contributed by atoms with Gasteiger partial charge in [0.25, 0.3) is 0 Å². The molecular weight excluding hydrogens is 450 g/mol. The number of nitrogens with zero attached hydrogens (tertiary/aromatic N) is 5. The number of hydrogen-bond acceptors (Lipinski definition) is 6. The number of Topliss-reactive ketones (excluding diaryl/α,β-unsaturated/α-hetero) is 1. The van der Waals surface area contributed by atoms with E-state index in [2.05, 4.69) is 57.2 Å². The van der Waals surface area contributed by atoms with E-state index < -0.39 is 0 Å². The number of piperazine rings is 1. The molecule has 0 saturated carbocycles.